The first-order valence-electron chi connectivity index (χ1n) is 8.73. The highest BCUT2D eigenvalue weighted by molar-refractivity contribution is 4.75. The lowest BCUT2D eigenvalue weighted by molar-refractivity contribution is 0.122. The van der Waals surface area contributed by atoms with Crippen molar-refractivity contribution in [2.24, 2.45) is 0 Å². The molecule has 1 aliphatic rings. The Labute approximate surface area is 120 Å². The van der Waals surface area contributed by atoms with Crippen molar-refractivity contribution in [2.45, 2.75) is 90.0 Å². The summed E-state index contributed by atoms with van der Waals surface area (Å²) in [5.41, 5.74) is 0. The number of nitrogens with zero attached hydrogens (tertiary/aromatic N) is 1. The Morgan fingerprint density at radius 2 is 1.47 bits per heavy atom. The van der Waals surface area contributed by atoms with Crippen LogP contribution in [-0.2, 0) is 0 Å². The molecule has 1 N–H and O–H groups in total. The SMILES string of the molecule is CCCCCCCCCN(CCO)C1CCCCC1. The largest absolute Gasteiger partial charge is 0.395 e. The molecule has 114 valence electrons. The van der Waals surface area contributed by atoms with E-state index in [1.165, 1.54) is 83.6 Å². The van der Waals surface area contributed by atoms with Crippen LogP contribution >= 0.6 is 0 Å². The van der Waals surface area contributed by atoms with Gasteiger partial charge in [-0.25, -0.2) is 0 Å². The predicted molar refractivity (Wildman–Crippen MR) is 83.5 cm³/mol. The third kappa shape index (κ3) is 7.94. The smallest absolute Gasteiger partial charge is 0.0558 e. The summed E-state index contributed by atoms with van der Waals surface area (Å²) in [6.45, 7) is 4.70. The van der Waals surface area contributed by atoms with Gasteiger partial charge in [-0.3, -0.25) is 4.90 Å². The second-order valence-corrected chi connectivity index (χ2v) is 6.17. The van der Waals surface area contributed by atoms with Gasteiger partial charge in [0, 0.05) is 12.6 Å². The minimum Gasteiger partial charge on any atom is -0.395 e. The van der Waals surface area contributed by atoms with Crippen molar-refractivity contribution in [3.63, 3.8) is 0 Å². The first-order chi connectivity index (χ1) is 9.38. The van der Waals surface area contributed by atoms with Crippen molar-refractivity contribution in [1.82, 2.24) is 4.90 Å². The molecule has 2 nitrogen and oxygen atoms in total. The summed E-state index contributed by atoms with van der Waals surface area (Å²) in [5, 5.41) is 9.23. The average molecular weight is 269 g/mol. The van der Waals surface area contributed by atoms with E-state index in [4.69, 9.17) is 0 Å². The van der Waals surface area contributed by atoms with Crippen LogP contribution in [0.5, 0.6) is 0 Å². The lowest BCUT2D eigenvalue weighted by Gasteiger charge is -2.34. The molecule has 1 aliphatic carbocycles. The number of aliphatic hydroxyl groups excluding tert-OH is 1. The molecule has 1 fully saturated rings. The maximum atomic E-state index is 9.23. The van der Waals surface area contributed by atoms with Crippen LogP contribution < -0.4 is 0 Å². The van der Waals surface area contributed by atoms with Gasteiger partial charge in [0.1, 0.15) is 0 Å². The normalized spacial score (nSPS) is 17.2. The summed E-state index contributed by atoms with van der Waals surface area (Å²) in [6.07, 6.45) is 16.6. The molecule has 0 aromatic carbocycles. The fourth-order valence-corrected chi connectivity index (χ4v) is 3.32. The first kappa shape index (κ1) is 17.0. The second-order valence-electron chi connectivity index (χ2n) is 6.17. The molecular formula is C17H35NO. The molecule has 0 bridgehead atoms. The molecule has 0 aliphatic heterocycles. The summed E-state index contributed by atoms with van der Waals surface area (Å²) in [6, 6.07) is 0.765. The average Bonchev–Trinajstić information content (AvgIpc) is 2.46. The third-order valence-corrected chi connectivity index (χ3v) is 4.53. The van der Waals surface area contributed by atoms with E-state index in [2.05, 4.69) is 11.8 Å². The molecule has 0 saturated heterocycles. The van der Waals surface area contributed by atoms with Crippen molar-refractivity contribution in [1.29, 1.82) is 0 Å². The van der Waals surface area contributed by atoms with E-state index in [-0.39, 0.29) is 0 Å². The minimum absolute atomic E-state index is 0.326. The Hall–Kier alpha value is -0.0800. The van der Waals surface area contributed by atoms with Gasteiger partial charge in [-0.05, 0) is 25.8 Å². The summed E-state index contributed by atoms with van der Waals surface area (Å²) in [7, 11) is 0. The van der Waals surface area contributed by atoms with E-state index in [1.54, 1.807) is 0 Å². The zero-order valence-corrected chi connectivity index (χ0v) is 13.1. The highest BCUT2D eigenvalue weighted by atomic mass is 16.3. The fraction of sp³-hybridized carbons (Fsp3) is 1.00. The minimum atomic E-state index is 0.326. The quantitative estimate of drug-likeness (QED) is 0.563. The van der Waals surface area contributed by atoms with Gasteiger partial charge < -0.3 is 5.11 Å². The van der Waals surface area contributed by atoms with Gasteiger partial charge in [0.15, 0.2) is 0 Å². The zero-order chi connectivity index (χ0) is 13.8. The van der Waals surface area contributed by atoms with Crippen molar-refractivity contribution in [3.05, 3.63) is 0 Å². The monoisotopic (exact) mass is 269 g/mol. The molecule has 0 amide bonds. The molecule has 1 saturated carbocycles. The standard InChI is InChI=1S/C17H35NO/c1-2-3-4-5-6-7-11-14-18(15-16-19)17-12-9-8-10-13-17/h17,19H,2-16H2,1H3. The van der Waals surface area contributed by atoms with Crippen LogP contribution in [0.15, 0.2) is 0 Å². The van der Waals surface area contributed by atoms with E-state index in [0.29, 0.717) is 6.61 Å². The summed E-state index contributed by atoms with van der Waals surface area (Å²) >= 11 is 0. The van der Waals surface area contributed by atoms with Crippen molar-refractivity contribution in [2.75, 3.05) is 19.7 Å². The number of hydrogen-bond donors (Lipinski definition) is 1. The van der Waals surface area contributed by atoms with E-state index in [0.717, 1.165) is 12.6 Å². The predicted octanol–water partition coefficient (Wildman–Crippen LogP) is 4.36. The number of rotatable bonds is 11. The highest BCUT2D eigenvalue weighted by Gasteiger charge is 2.19. The van der Waals surface area contributed by atoms with Gasteiger partial charge in [-0.15, -0.1) is 0 Å². The van der Waals surface area contributed by atoms with Crippen molar-refractivity contribution in [3.8, 4) is 0 Å². The maximum Gasteiger partial charge on any atom is 0.0558 e. The van der Waals surface area contributed by atoms with Gasteiger partial charge in [-0.1, -0.05) is 64.7 Å². The van der Waals surface area contributed by atoms with Crippen LogP contribution in [0.4, 0.5) is 0 Å². The summed E-state index contributed by atoms with van der Waals surface area (Å²) < 4.78 is 0. The third-order valence-electron chi connectivity index (χ3n) is 4.53. The summed E-state index contributed by atoms with van der Waals surface area (Å²) in [5.74, 6) is 0. The summed E-state index contributed by atoms with van der Waals surface area (Å²) in [4.78, 5) is 2.56. The molecular weight excluding hydrogens is 234 g/mol. The molecule has 1 rings (SSSR count). The second kappa shape index (κ2) is 11.7. The van der Waals surface area contributed by atoms with Gasteiger partial charge in [0.25, 0.3) is 0 Å². The molecule has 0 aromatic heterocycles. The van der Waals surface area contributed by atoms with Crippen LogP contribution in [-0.4, -0.2) is 35.7 Å². The molecule has 0 spiro atoms. The molecule has 2 heteroatoms. The molecule has 0 atom stereocenters. The van der Waals surface area contributed by atoms with Crippen molar-refractivity contribution < 1.29 is 5.11 Å². The zero-order valence-electron chi connectivity index (χ0n) is 13.1. The Morgan fingerprint density at radius 3 is 2.11 bits per heavy atom. The van der Waals surface area contributed by atoms with Crippen LogP contribution in [0.3, 0.4) is 0 Å². The van der Waals surface area contributed by atoms with Gasteiger partial charge in [-0.2, -0.15) is 0 Å². The molecule has 19 heavy (non-hydrogen) atoms. The number of aliphatic hydroxyl groups is 1. The molecule has 0 aromatic rings. The van der Waals surface area contributed by atoms with E-state index in [1.807, 2.05) is 0 Å². The van der Waals surface area contributed by atoms with Gasteiger partial charge in [0.05, 0.1) is 6.61 Å². The van der Waals surface area contributed by atoms with Crippen LogP contribution in [0.25, 0.3) is 0 Å². The molecule has 0 radical (unpaired) electrons. The van der Waals surface area contributed by atoms with Crippen LogP contribution in [0.1, 0.15) is 84.0 Å². The van der Waals surface area contributed by atoms with Crippen LogP contribution in [0.2, 0.25) is 0 Å². The fourth-order valence-electron chi connectivity index (χ4n) is 3.32. The highest BCUT2D eigenvalue weighted by Crippen LogP contribution is 2.22. The van der Waals surface area contributed by atoms with Crippen molar-refractivity contribution >= 4 is 0 Å². The lowest BCUT2D eigenvalue weighted by atomic mass is 9.94. The maximum absolute atomic E-state index is 9.23. The van der Waals surface area contributed by atoms with E-state index < -0.39 is 0 Å². The Bertz CT molecular complexity index is 190. The van der Waals surface area contributed by atoms with Crippen LogP contribution in [0, 0.1) is 0 Å². The lowest BCUT2D eigenvalue weighted by Crippen LogP contribution is -2.39. The Balaban J connectivity index is 2.07. The first-order valence-corrected chi connectivity index (χ1v) is 8.73. The molecule has 0 heterocycles. The Kier molecular flexibility index (Phi) is 10.5. The van der Waals surface area contributed by atoms with E-state index in [9.17, 15) is 5.11 Å². The number of hydrogen-bond acceptors (Lipinski definition) is 2. The molecule has 0 unspecified atom stereocenters. The topological polar surface area (TPSA) is 23.5 Å². The Morgan fingerprint density at radius 1 is 0.842 bits per heavy atom. The van der Waals surface area contributed by atoms with Gasteiger partial charge >= 0.3 is 0 Å². The number of unbranched alkanes of at least 4 members (excludes halogenated alkanes) is 6. The van der Waals surface area contributed by atoms with Gasteiger partial charge in [0.2, 0.25) is 0 Å². The van der Waals surface area contributed by atoms with E-state index >= 15 is 0 Å².